The van der Waals surface area contributed by atoms with Crippen LogP contribution in [0.5, 0.6) is 5.75 Å². The third-order valence-electron chi connectivity index (χ3n) is 3.64. The lowest BCUT2D eigenvalue weighted by molar-refractivity contribution is 0.340. The summed E-state index contributed by atoms with van der Waals surface area (Å²) in [5, 5.41) is 7.15. The molecule has 2 rings (SSSR count). The van der Waals surface area contributed by atoms with Crippen molar-refractivity contribution in [3.8, 4) is 5.75 Å². The zero-order valence-electron chi connectivity index (χ0n) is 14.1. The second kappa shape index (κ2) is 7.97. The van der Waals surface area contributed by atoms with Crippen molar-refractivity contribution < 1.29 is 4.74 Å². The van der Waals surface area contributed by atoms with Gasteiger partial charge in [-0.15, -0.1) is 0 Å². The summed E-state index contributed by atoms with van der Waals surface area (Å²) in [4.78, 5) is 0. The first-order valence-corrected chi connectivity index (χ1v) is 8.28. The Bertz CT molecular complexity index is 685. The van der Waals surface area contributed by atoms with Crippen LogP contribution in [-0.4, -0.2) is 11.7 Å². The molecular formula is C19H24N2OS. The third-order valence-corrected chi connectivity index (χ3v) is 3.86. The van der Waals surface area contributed by atoms with E-state index in [-0.39, 0.29) is 6.04 Å². The average Bonchev–Trinajstić information content (AvgIpc) is 2.47. The fourth-order valence-electron chi connectivity index (χ4n) is 2.58. The van der Waals surface area contributed by atoms with Crippen LogP contribution in [-0.2, 0) is 0 Å². The number of hydrogen-bond donors (Lipinski definition) is 2. The first-order chi connectivity index (χ1) is 11.0. The van der Waals surface area contributed by atoms with Crippen LogP contribution >= 0.6 is 12.2 Å². The van der Waals surface area contributed by atoms with Gasteiger partial charge in [-0.05, 0) is 63.2 Å². The molecule has 122 valence electrons. The molecule has 0 bridgehead atoms. The summed E-state index contributed by atoms with van der Waals surface area (Å²) in [5.74, 6) is 0.836. The summed E-state index contributed by atoms with van der Waals surface area (Å²) in [7, 11) is 0. The summed E-state index contributed by atoms with van der Waals surface area (Å²) in [6, 6.07) is 14.4. The summed E-state index contributed by atoms with van der Waals surface area (Å²) >= 11 is 5.43. The standard InChI is InChI=1S/C19H24N2OS/c1-5-22-17-8-6-7-16(12-17)21-19(23)20-15(4)18-10-9-13(2)11-14(18)3/h6-12,15H,5H2,1-4H3,(H2,20,21,23)/t15-/m0/s1. The molecule has 0 aromatic heterocycles. The molecule has 2 N–H and O–H groups in total. The first-order valence-electron chi connectivity index (χ1n) is 7.87. The van der Waals surface area contributed by atoms with Crippen molar-refractivity contribution in [3.05, 3.63) is 59.2 Å². The van der Waals surface area contributed by atoms with E-state index in [2.05, 4.69) is 49.6 Å². The van der Waals surface area contributed by atoms with Crippen LogP contribution in [0.4, 0.5) is 5.69 Å². The Kier molecular flexibility index (Phi) is 5.99. The molecule has 0 saturated heterocycles. The zero-order chi connectivity index (χ0) is 16.8. The van der Waals surface area contributed by atoms with Crippen molar-refractivity contribution in [2.24, 2.45) is 0 Å². The Morgan fingerprint density at radius 1 is 1.17 bits per heavy atom. The van der Waals surface area contributed by atoms with Crippen LogP contribution in [0.15, 0.2) is 42.5 Å². The molecule has 2 aromatic carbocycles. The molecule has 0 saturated carbocycles. The van der Waals surface area contributed by atoms with Gasteiger partial charge in [0, 0.05) is 11.8 Å². The molecule has 0 aliphatic heterocycles. The van der Waals surface area contributed by atoms with E-state index in [1.807, 2.05) is 31.2 Å². The SMILES string of the molecule is CCOc1cccc(NC(=S)N[C@@H](C)c2ccc(C)cc2C)c1. The number of ether oxygens (including phenoxy) is 1. The number of thiocarbonyl (C=S) groups is 1. The highest BCUT2D eigenvalue weighted by Gasteiger charge is 2.10. The number of anilines is 1. The van der Waals surface area contributed by atoms with Gasteiger partial charge in [0.05, 0.1) is 12.6 Å². The van der Waals surface area contributed by atoms with Gasteiger partial charge in [0.25, 0.3) is 0 Å². The van der Waals surface area contributed by atoms with E-state index in [0.717, 1.165) is 11.4 Å². The molecule has 0 aliphatic carbocycles. The van der Waals surface area contributed by atoms with Crippen LogP contribution < -0.4 is 15.4 Å². The molecule has 0 amide bonds. The van der Waals surface area contributed by atoms with Crippen molar-refractivity contribution in [2.45, 2.75) is 33.7 Å². The summed E-state index contributed by atoms with van der Waals surface area (Å²) in [5.41, 5.74) is 4.71. The van der Waals surface area contributed by atoms with Gasteiger partial charge in [-0.1, -0.05) is 29.8 Å². The van der Waals surface area contributed by atoms with Crippen LogP contribution in [0.3, 0.4) is 0 Å². The van der Waals surface area contributed by atoms with Gasteiger partial charge in [0.2, 0.25) is 0 Å². The minimum atomic E-state index is 0.144. The predicted molar refractivity (Wildman–Crippen MR) is 101 cm³/mol. The topological polar surface area (TPSA) is 33.3 Å². The minimum absolute atomic E-state index is 0.144. The molecule has 0 heterocycles. The van der Waals surface area contributed by atoms with Crippen LogP contribution in [0.2, 0.25) is 0 Å². The summed E-state index contributed by atoms with van der Waals surface area (Å²) in [6.45, 7) is 8.96. The molecular weight excluding hydrogens is 304 g/mol. The highest BCUT2D eigenvalue weighted by atomic mass is 32.1. The smallest absolute Gasteiger partial charge is 0.171 e. The molecule has 0 radical (unpaired) electrons. The predicted octanol–water partition coefficient (Wildman–Crippen LogP) is 4.75. The second-order valence-electron chi connectivity index (χ2n) is 5.64. The van der Waals surface area contributed by atoms with Crippen molar-refractivity contribution in [3.63, 3.8) is 0 Å². The molecule has 0 aliphatic rings. The van der Waals surface area contributed by atoms with Gasteiger partial charge in [-0.3, -0.25) is 0 Å². The lowest BCUT2D eigenvalue weighted by Gasteiger charge is -2.19. The fourth-order valence-corrected chi connectivity index (χ4v) is 2.88. The maximum Gasteiger partial charge on any atom is 0.171 e. The minimum Gasteiger partial charge on any atom is -0.494 e. The molecule has 2 aromatic rings. The Balaban J connectivity index is 2.00. The van der Waals surface area contributed by atoms with E-state index in [1.165, 1.54) is 16.7 Å². The Hall–Kier alpha value is -2.07. The zero-order valence-corrected chi connectivity index (χ0v) is 15.0. The molecule has 4 heteroatoms. The van der Waals surface area contributed by atoms with E-state index < -0.39 is 0 Å². The van der Waals surface area contributed by atoms with Gasteiger partial charge in [-0.2, -0.15) is 0 Å². The number of nitrogens with one attached hydrogen (secondary N) is 2. The van der Waals surface area contributed by atoms with Crippen molar-refractivity contribution >= 4 is 23.0 Å². The number of benzene rings is 2. The Morgan fingerprint density at radius 2 is 1.96 bits per heavy atom. The fraction of sp³-hybridized carbons (Fsp3) is 0.316. The molecule has 0 unspecified atom stereocenters. The lowest BCUT2D eigenvalue weighted by Crippen LogP contribution is -2.31. The van der Waals surface area contributed by atoms with E-state index >= 15 is 0 Å². The average molecular weight is 328 g/mol. The van der Waals surface area contributed by atoms with E-state index in [4.69, 9.17) is 17.0 Å². The van der Waals surface area contributed by atoms with Crippen LogP contribution in [0, 0.1) is 13.8 Å². The monoisotopic (exact) mass is 328 g/mol. The van der Waals surface area contributed by atoms with E-state index in [0.29, 0.717) is 11.7 Å². The Morgan fingerprint density at radius 3 is 2.65 bits per heavy atom. The number of hydrogen-bond acceptors (Lipinski definition) is 2. The summed E-state index contributed by atoms with van der Waals surface area (Å²) < 4.78 is 5.50. The maximum absolute atomic E-state index is 5.50. The number of rotatable bonds is 5. The third kappa shape index (κ3) is 4.96. The highest BCUT2D eigenvalue weighted by molar-refractivity contribution is 7.80. The van der Waals surface area contributed by atoms with Gasteiger partial charge in [-0.25, -0.2) is 0 Å². The largest absolute Gasteiger partial charge is 0.494 e. The summed E-state index contributed by atoms with van der Waals surface area (Å²) in [6.07, 6.45) is 0. The van der Waals surface area contributed by atoms with Gasteiger partial charge in [0.1, 0.15) is 5.75 Å². The van der Waals surface area contributed by atoms with E-state index in [9.17, 15) is 0 Å². The molecule has 23 heavy (non-hydrogen) atoms. The lowest BCUT2D eigenvalue weighted by atomic mass is 10.0. The van der Waals surface area contributed by atoms with Crippen molar-refractivity contribution in [1.82, 2.24) is 5.32 Å². The second-order valence-corrected chi connectivity index (χ2v) is 6.05. The molecule has 0 spiro atoms. The van der Waals surface area contributed by atoms with Crippen LogP contribution in [0.25, 0.3) is 0 Å². The van der Waals surface area contributed by atoms with Gasteiger partial charge in [0.15, 0.2) is 5.11 Å². The highest BCUT2D eigenvalue weighted by Crippen LogP contribution is 2.20. The molecule has 0 fully saturated rings. The van der Waals surface area contributed by atoms with Gasteiger partial charge < -0.3 is 15.4 Å². The first kappa shape index (κ1) is 17.3. The van der Waals surface area contributed by atoms with Gasteiger partial charge >= 0.3 is 0 Å². The van der Waals surface area contributed by atoms with Crippen molar-refractivity contribution in [1.29, 1.82) is 0 Å². The maximum atomic E-state index is 5.50. The molecule has 3 nitrogen and oxygen atoms in total. The van der Waals surface area contributed by atoms with E-state index in [1.54, 1.807) is 0 Å². The Labute approximate surface area is 144 Å². The van der Waals surface area contributed by atoms with Crippen LogP contribution in [0.1, 0.15) is 36.6 Å². The molecule has 1 atom stereocenters. The number of aryl methyl sites for hydroxylation is 2. The normalized spacial score (nSPS) is 11.7. The van der Waals surface area contributed by atoms with Crippen molar-refractivity contribution in [2.75, 3.05) is 11.9 Å². The quantitative estimate of drug-likeness (QED) is 0.776.